The van der Waals surface area contributed by atoms with Gasteiger partial charge in [0.1, 0.15) is 17.7 Å². The summed E-state index contributed by atoms with van der Waals surface area (Å²) in [5.41, 5.74) is -0.228. The predicted octanol–water partition coefficient (Wildman–Crippen LogP) is 2.08. The first-order chi connectivity index (χ1) is 7.24. The second-order valence-electron chi connectivity index (χ2n) is 3.01. The highest BCUT2D eigenvalue weighted by Crippen LogP contribution is 1.99. The fourth-order valence-corrected chi connectivity index (χ4v) is 0.951. The van der Waals surface area contributed by atoms with Gasteiger partial charge in [0, 0.05) is 0 Å². The van der Waals surface area contributed by atoms with E-state index in [2.05, 4.69) is 6.92 Å². The molecule has 0 aromatic heterocycles. The topological polar surface area (TPSA) is 73.9 Å². The van der Waals surface area contributed by atoms with Crippen molar-refractivity contribution >= 4 is 5.97 Å². The highest BCUT2D eigenvalue weighted by molar-refractivity contribution is 5.84. The van der Waals surface area contributed by atoms with Crippen molar-refractivity contribution in [1.82, 2.24) is 0 Å². The fourth-order valence-electron chi connectivity index (χ4n) is 0.951. The van der Waals surface area contributed by atoms with Crippen LogP contribution in [0.15, 0.2) is 11.6 Å². The molecule has 0 N–H and O–H groups in total. The summed E-state index contributed by atoms with van der Waals surface area (Å²) >= 11 is 0. The van der Waals surface area contributed by atoms with Crippen molar-refractivity contribution in [2.75, 3.05) is 6.61 Å². The Bertz CT molecular complexity index is 292. The zero-order valence-corrected chi connectivity index (χ0v) is 8.82. The Morgan fingerprint density at radius 1 is 1.27 bits per heavy atom. The van der Waals surface area contributed by atoms with Gasteiger partial charge in [0.25, 0.3) is 0 Å². The van der Waals surface area contributed by atoms with Crippen LogP contribution in [-0.2, 0) is 9.53 Å². The molecule has 0 aromatic carbocycles. The van der Waals surface area contributed by atoms with Crippen LogP contribution in [0, 0.1) is 22.7 Å². The minimum atomic E-state index is -0.621. The first kappa shape index (κ1) is 13.2. The third-order valence-corrected chi connectivity index (χ3v) is 1.75. The fraction of sp³-hybridized carbons (Fsp3) is 0.545. The van der Waals surface area contributed by atoms with E-state index in [0.717, 1.165) is 31.8 Å². The number of unbranched alkanes of at least 4 members (excludes halogenated alkanes) is 3. The molecule has 0 saturated heterocycles. The van der Waals surface area contributed by atoms with E-state index in [1.165, 1.54) is 0 Å². The summed E-state index contributed by atoms with van der Waals surface area (Å²) in [6.07, 6.45) is 5.01. The van der Waals surface area contributed by atoms with Crippen LogP contribution in [0.2, 0.25) is 0 Å². The Kier molecular flexibility index (Phi) is 7.71. The zero-order chi connectivity index (χ0) is 11.5. The van der Waals surface area contributed by atoms with Gasteiger partial charge in [-0.25, -0.2) is 4.79 Å². The molecule has 0 rings (SSSR count). The van der Waals surface area contributed by atoms with Gasteiger partial charge in [0.05, 0.1) is 12.7 Å². The van der Waals surface area contributed by atoms with Gasteiger partial charge in [-0.15, -0.1) is 0 Å². The van der Waals surface area contributed by atoms with Gasteiger partial charge in [-0.1, -0.05) is 26.2 Å². The van der Waals surface area contributed by atoms with Crippen LogP contribution in [0.1, 0.15) is 32.6 Å². The van der Waals surface area contributed by atoms with Crippen molar-refractivity contribution in [3.05, 3.63) is 11.6 Å². The lowest BCUT2D eigenvalue weighted by Crippen LogP contribution is -2.03. The summed E-state index contributed by atoms with van der Waals surface area (Å²) in [5.74, 6) is -0.621. The molecule has 0 fully saturated rings. The molecular formula is C11H14N2O2. The first-order valence-corrected chi connectivity index (χ1v) is 4.93. The van der Waals surface area contributed by atoms with Crippen molar-refractivity contribution < 1.29 is 9.53 Å². The standard InChI is InChI=1S/C11H14N2O2/c1-2-3-4-5-6-15-11(14)7-10(8-12)9-13/h7H,2-6H2,1H3. The number of allylic oxidation sites excluding steroid dienone is 1. The van der Waals surface area contributed by atoms with Crippen molar-refractivity contribution in [1.29, 1.82) is 10.5 Å². The smallest absolute Gasteiger partial charge is 0.332 e. The molecule has 0 saturated carbocycles. The van der Waals surface area contributed by atoms with E-state index in [-0.39, 0.29) is 5.57 Å². The van der Waals surface area contributed by atoms with Crippen LogP contribution in [-0.4, -0.2) is 12.6 Å². The van der Waals surface area contributed by atoms with E-state index >= 15 is 0 Å². The number of ether oxygens (including phenoxy) is 1. The molecule has 80 valence electrons. The zero-order valence-electron chi connectivity index (χ0n) is 8.82. The highest BCUT2D eigenvalue weighted by Gasteiger charge is 2.01. The molecule has 15 heavy (non-hydrogen) atoms. The molecule has 4 nitrogen and oxygen atoms in total. The molecule has 0 radical (unpaired) electrons. The number of carbonyl (C=O) groups is 1. The van der Waals surface area contributed by atoms with Crippen LogP contribution in [0.5, 0.6) is 0 Å². The lowest BCUT2D eigenvalue weighted by Gasteiger charge is -2.00. The number of hydrogen-bond donors (Lipinski definition) is 0. The lowest BCUT2D eigenvalue weighted by molar-refractivity contribution is -0.137. The largest absolute Gasteiger partial charge is 0.462 e. The maximum absolute atomic E-state index is 11.0. The summed E-state index contributed by atoms with van der Waals surface area (Å²) in [6, 6.07) is 3.19. The minimum Gasteiger partial charge on any atom is -0.462 e. The molecule has 0 aliphatic rings. The molecule has 0 aliphatic carbocycles. The SMILES string of the molecule is CCCCCCOC(=O)C=C(C#N)C#N. The van der Waals surface area contributed by atoms with Gasteiger partial charge < -0.3 is 4.74 Å². The predicted molar refractivity (Wildman–Crippen MR) is 54.4 cm³/mol. The number of nitriles is 2. The molecule has 0 spiro atoms. The van der Waals surface area contributed by atoms with Gasteiger partial charge in [0.15, 0.2) is 0 Å². The Hall–Kier alpha value is -1.81. The third kappa shape index (κ3) is 7.28. The van der Waals surface area contributed by atoms with E-state index in [1.54, 1.807) is 12.1 Å². The number of esters is 1. The monoisotopic (exact) mass is 206 g/mol. The molecule has 4 heteroatoms. The number of rotatable bonds is 6. The van der Waals surface area contributed by atoms with Crippen molar-refractivity contribution in [3.8, 4) is 12.1 Å². The van der Waals surface area contributed by atoms with Gasteiger partial charge in [0.2, 0.25) is 0 Å². The van der Waals surface area contributed by atoms with Crippen LogP contribution in [0.4, 0.5) is 0 Å². The Labute approximate surface area is 89.8 Å². The number of nitrogens with zero attached hydrogens (tertiary/aromatic N) is 2. The molecule has 0 amide bonds. The van der Waals surface area contributed by atoms with Gasteiger partial charge in [-0.05, 0) is 6.42 Å². The molecular weight excluding hydrogens is 192 g/mol. The molecule has 0 aromatic rings. The van der Waals surface area contributed by atoms with Crippen LogP contribution < -0.4 is 0 Å². The molecule has 0 aliphatic heterocycles. The van der Waals surface area contributed by atoms with E-state index in [0.29, 0.717) is 6.61 Å². The second kappa shape index (κ2) is 8.77. The maximum Gasteiger partial charge on any atom is 0.332 e. The van der Waals surface area contributed by atoms with Crippen molar-refractivity contribution in [2.45, 2.75) is 32.6 Å². The van der Waals surface area contributed by atoms with Gasteiger partial charge in [-0.2, -0.15) is 10.5 Å². The summed E-state index contributed by atoms with van der Waals surface area (Å²) in [4.78, 5) is 11.0. The third-order valence-electron chi connectivity index (χ3n) is 1.75. The first-order valence-electron chi connectivity index (χ1n) is 4.93. The summed E-state index contributed by atoms with van der Waals surface area (Å²) in [5, 5.41) is 16.7. The van der Waals surface area contributed by atoms with Crippen LogP contribution >= 0.6 is 0 Å². The van der Waals surface area contributed by atoms with E-state index in [9.17, 15) is 4.79 Å². The lowest BCUT2D eigenvalue weighted by atomic mass is 10.2. The van der Waals surface area contributed by atoms with Crippen LogP contribution in [0.3, 0.4) is 0 Å². The van der Waals surface area contributed by atoms with Crippen molar-refractivity contribution in [3.63, 3.8) is 0 Å². The quantitative estimate of drug-likeness (QED) is 0.288. The van der Waals surface area contributed by atoms with E-state index in [4.69, 9.17) is 15.3 Å². The average Bonchev–Trinajstić information content (AvgIpc) is 2.25. The molecule has 0 unspecified atom stereocenters. The van der Waals surface area contributed by atoms with Crippen LogP contribution in [0.25, 0.3) is 0 Å². The minimum absolute atomic E-state index is 0.228. The Morgan fingerprint density at radius 2 is 1.93 bits per heavy atom. The Morgan fingerprint density at radius 3 is 2.47 bits per heavy atom. The van der Waals surface area contributed by atoms with Gasteiger partial charge in [-0.3, -0.25) is 0 Å². The molecule has 0 heterocycles. The molecule has 0 atom stereocenters. The summed E-state index contributed by atoms with van der Waals surface area (Å²) in [7, 11) is 0. The Balaban J connectivity index is 3.73. The molecule has 0 bridgehead atoms. The number of carbonyl (C=O) groups excluding carboxylic acids is 1. The number of hydrogen-bond acceptors (Lipinski definition) is 4. The normalized spacial score (nSPS) is 8.47. The summed E-state index contributed by atoms with van der Waals surface area (Å²) < 4.78 is 4.81. The second-order valence-corrected chi connectivity index (χ2v) is 3.01. The van der Waals surface area contributed by atoms with Crippen molar-refractivity contribution in [2.24, 2.45) is 0 Å². The average molecular weight is 206 g/mol. The van der Waals surface area contributed by atoms with E-state index < -0.39 is 5.97 Å². The highest BCUT2D eigenvalue weighted by atomic mass is 16.5. The maximum atomic E-state index is 11.0. The van der Waals surface area contributed by atoms with E-state index in [1.807, 2.05) is 0 Å². The van der Waals surface area contributed by atoms with Gasteiger partial charge >= 0.3 is 5.97 Å². The summed E-state index contributed by atoms with van der Waals surface area (Å²) in [6.45, 7) is 2.44.